The van der Waals surface area contributed by atoms with Gasteiger partial charge in [0.1, 0.15) is 5.33 Å². The van der Waals surface area contributed by atoms with Crippen LogP contribution in [-0.2, 0) is 9.53 Å². The zero-order chi connectivity index (χ0) is 10.5. The maximum absolute atomic E-state index is 10.9. The number of halogens is 1. The second kappa shape index (κ2) is 5.43. The molecule has 0 aliphatic carbocycles. The monoisotopic (exact) mass is 248 g/mol. The molecular weight excluding hydrogens is 232 g/mol. The van der Waals surface area contributed by atoms with Crippen LogP contribution >= 0.6 is 15.9 Å². The standard InChI is InChI=1S/C10H17BrO2/c1-8(2)5-10(3,4)7-13-9(12)6-11/h1,5-7H2,2-4H3. The Morgan fingerprint density at radius 3 is 2.46 bits per heavy atom. The Labute approximate surface area is 88.5 Å². The van der Waals surface area contributed by atoms with Crippen LogP contribution in [0.1, 0.15) is 27.2 Å². The van der Waals surface area contributed by atoms with Gasteiger partial charge in [-0.15, -0.1) is 6.58 Å². The van der Waals surface area contributed by atoms with Crippen molar-refractivity contribution in [3.05, 3.63) is 12.2 Å². The lowest BCUT2D eigenvalue weighted by molar-refractivity contribution is -0.143. The molecule has 0 amide bonds. The van der Waals surface area contributed by atoms with Gasteiger partial charge in [-0.05, 0) is 13.3 Å². The summed E-state index contributed by atoms with van der Waals surface area (Å²) in [5.41, 5.74) is 1.10. The molecule has 0 aromatic heterocycles. The highest BCUT2D eigenvalue weighted by Gasteiger charge is 2.19. The topological polar surface area (TPSA) is 26.3 Å². The van der Waals surface area contributed by atoms with E-state index in [1.165, 1.54) is 0 Å². The number of carbonyl (C=O) groups excluding carboxylic acids is 1. The molecule has 0 radical (unpaired) electrons. The maximum atomic E-state index is 10.9. The van der Waals surface area contributed by atoms with Gasteiger partial charge >= 0.3 is 5.97 Å². The van der Waals surface area contributed by atoms with E-state index in [9.17, 15) is 4.79 Å². The minimum absolute atomic E-state index is 0.0103. The number of hydrogen-bond acceptors (Lipinski definition) is 2. The molecule has 0 aromatic rings. The van der Waals surface area contributed by atoms with Crippen LogP contribution in [0.3, 0.4) is 0 Å². The number of alkyl halides is 1. The van der Waals surface area contributed by atoms with Crippen LogP contribution in [0.4, 0.5) is 0 Å². The second-order valence-corrected chi connectivity index (χ2v) is 4.65. The summed E-state index contributed by atoms with van der Waals surface area (Å²) < 4.78 is 5.03. The molecular formula is C10H17BrO2. The molecule has 0 N–H and O–H groups in total. The van der Waals surface area contributed by atoms with Crippen molar-refractivity contribution >= 4 is 21.9 Å². The van der Waals surface area contributed by atoms with Crippen molar-refractivity contribution in [2.45, 2.75) is 27.2 Å². The Hall–Kier alpha value is -0.310. The lowest BCUT2D eigenvalue weighted by Crippen LogP contribution is -2.22. The van der Waals surface area contributed by atoms with Crippen LogP contribution in [0, 0.1) is 5.41 Å². The van der Waals surface area contributed by atoms with Gasteiger partial charge in [0.25, 0.3) is 0 Å². The number of allylic oxidation sites excluding steroid dienone is 1. The second-order valence-electron chi connectivity index (χ2n) is 4.09. The third kappa shape index (κ3) is 6.82. The highest BCUT2D eigenvalue weighted by molar-refractivity contribution is 9.09. The molecule has 0 heterocycles. The lowest BCUT2D eigenvalue weighted by Gasteiger charge is -2.23. The number of hydrogen-bond donors (Lipinski definition) is 0. The van der Waals surface area contributed by atoms with E-state index in [0.29, 0.717) is 6.61 Å². The molecule has 3 heteroatoms. The van der Waals surface area contributed by atoms with Crippen molar-refractivity contribution in [2.75, 3.05) is 11.9 Å². The number of ether oxygens (including phenoxy) is 1. The summed E-state index contributed by atoms with van der Waals surface area (Å²) in [6.45, 7) is 10.4. The molecule has 76 valence electrons. The molecule has 0 fully saturated rings. The van der Waals surface area contributed by atoms with Gasteiger partial charge < -0.3 is 4.74 Å². The first-order chi connectivity index (χ1) is 5.87. The molecule has 0 atom stereocenters. The molecule has 0 unspecified atom stereocenters. The van der Waals surface area contributed by atoms with E-state index >= 15 is 0 Å². The zero-order valence-electron chi connectivity index (χ0n) is 8.52. The summed E-state index contributed by atoms with van der Waals surface area (Å²) in [6, 6.07) is 0. The fourth-order valence-electron chi connectivity index (χ4n) is 1.18. The van der Waals surface area contributed by atoms with E-state index in [2.05, 4.69) is 36.4 Å². The highest BCUT2D eigenvalue weighted by atomic mass is 79.9. The summed E-state index contributed by atoms with van der Waals surface area (Å²) in [7, 11) is 0. The van der Waals surface area contributed by atoms with Crippen molar-refractivity contribution < 1.29 is 9.53 Å². The zero-order valence-corrected chi connectivity index (χ0v) is 10.1. The fraction of sp³-hybridized carbons (Fsp3) is 0.700. The normalized spacial score (nSPS) is 11.1. The summed E-state index contributed by atoms with van der Waals surface area (Å²) in [4.78, 5) is 10.9. The van der Waals surface area contributed by atoms with E-state index < -0.39 is 0 Å². The minimum Gasteiger partial charge on any atom is -0.464 e. The largest absolute Gasteiger partial charge is 0.464 e. The van der Waals surface area contributed by atoms with E-state index in [4.69, 9.17) is 4.74 Å². The predicted octanol–water partition coefficient (Wildman–Crippen LogP) is 2.92. The molecule has 2 nitrogen and oxygen atoms in total. The molecule has 0 saturated carbocycles. The van der Waals surface area contributed by atoms with Crippen molar-refractivity contribution in [2.24, 2.45) is 5.41 Å². The number of carbonyl (C=O) groups is 1. The third-order valence-corrected chi connectivity index (χ3v) is 1.97. The van der Waals surface area contributed by atoms with E-state index in [1.807, 2.05) is 6.92 Å². The Bertz CT molecular complexity index is 197. The Kier molecular flexibility index (Phi) is 5.30. The van der Waals surface area contributed by atoms with Crippen LogP contribution in [-0.4, -0.2) is 17.9 Å². The van der Waals surface area contributed by atoms with Crippen LogP contribution in [0.15, 0.2) is 12.2 Å². The fourth-order valence-corrected chi connectivity index (χ4v) is 1.34. The Morgan fingerprint density at radius 1 is 1.54 bits per heavy atom. The number of esters is 1. The highest BCUT2D eigenvalue weighted by Crippen LogP contribution is 2.24. The molecule has 0 aromatic carbocycles. The van der Waals surface area contributed by atoms with Crippen molar-refractivity contribution in [3.63, 3.8) is 0 Å². The predicted molar refractivity (Wildman–Crippen MR) is 58.0 cm³/mol. The molecule has 0 saturated heterocycles. The van der Waals surface area contributed by atoms with Gasteiger partial charge in [0.05, 0.1) is 6.61 Å². The summed E-state index contributed by atoms with van der Waals surface area (Å²) >= 11 is 3.04. The maximum Gasteiger partial charge on any atom is 0.316 e. The molecule has 0 aliphatic rings. The van der Waals surface area contributed by atoms with E-state index in [-0.39, 0.29) is 16.7 Å². The van der Waals surface area contributed by atoms with Gasteiger partial charge in [-0.1, -0.05) is 35.4 Å². The van der Waals surface area contributed by atoms with E-state index in [1.54, 1.807) is 0 Å². The molecule has 0 aliphatic heterocycles. The SMILES string of the molecule is C=C(C)CC(C)(C)COC(=O)CBr. The lowest BCUT2D eigenvalue weighted by atomic mass is 9.87. The first-order valence-corrected chi connectivity index (χ1v) is 5.35. The number of rotatable bonds is 5. The Morgan fingerprint density at radius 2 is 2.08 bits per heavy atom. The van der Waals surface area contributed by atoms with Gasteiger partial charge in [0.2, 0.25) is 0 Å². The van der Waals surface area contributed by atoms with Crippen molar-refractivity contribution in [1.82, 2.24) is 0 Å². The van der Waals surface area contributed by atoms with Gasteiger partial charge in [-0.3, -0.25) is 4.79 Å². The summed E-state index contributed by atoms with van der Waals surface area (Å²) in [5, 5.41) is 0.260. The average Bonchev–Trinajstić information content (AvgIpc) is 1.98. The smallest absolute Gasteiger partial charge is 0.316 e. The quantitative estimate of drug-likeness (QED) is 0.425. The van der Waals surface area contributed by atoms with Crippen LogP contribution < -0.4 is 0 Å². The van der Waals surface area contributed by atoms with Crippen LogP contribution in [0.5, 0.6) is 0 Å². The van der Waals surface area contributed by atoms with Gasteiger partial charge in [0.15, 0.2) is 0 Å². The average molecular weight is 249 g/mol. The molecule has 0 spiro atoms. The molecule has 0 rings (SSSR count). The van der Waals surface area contributed by atoms with Crippen molar-refractivity contribution in [1.29, 1.82) is 0 Å². The van der Waals surface area contributed by atoms with Crippen LogP contribution in [0.25, 0.3) is 0 Å². The van der Waals surface area contributed by atoms with Crippen molar-refractivity contribution in [3.8, 4) is 0 Å². The molecule has 13 heavy (non-hydrogen) atoms. The summed E-state index contributed by atoms with van der Waals surface area (Å²) in [5.74, 6) is -0.213. The van der Waals surface area contributed by atoms with E-state index in [0.717, 1.165) is 12.0 Å². The van der Waals surface area contributed by atoms with Gasteiger partial charge in [-0.25, -0.2) is 0 Å². The van der Waals surface area contributed by atoms with Gasteiger partial charge in [0, 0.05) is 5.41 Å². The third-order valence-electron chi connectivity index (χ3n) is 1.51. The van der Waals surface area contributed by atoms with Crippen LogP contribution in [0.2, 0.25) is 0 Å². The minimum atomic E-state index is -0.213. The first-order valence-electron chi connectivity index (χ1n) is 4.23. The molecule has 0 bridgehead atoms. The van der Waals surface area contributed by atoms with Gasteiger partial charge in [-0.2, -0.15) is 0 Å². The first kappa shape index (κ1) is 12.7. The Balaban J connectivity index is 3.88. The summed E-state index contributed by atoms with van der Waals surface area (Å²) in [6.07, 6.45) is 0.878.